The molecule has 1 atom stereocenters. The second-order valence-electron chi connectivity index (χ2n) is 10.8. The van der Waals surface area contributed by atoms with E-state index in [0.29, 0.717) is 4.70 Å². The molecule has 0 N–H and O–H groups in total. The lowest BCUT2D eigenvalue weighted by molar-refractivity contribution is -1.02. The van der Waals surface area contributed by atoms with Crippen LogP contribution in [0.25, 0.3) is 33.5 Å². The van der Waals surface area contributed by atoms with E-state index >= 15 is 0 Å². The summed E-state index contributed by atoms with van der Waals surface area (Å²) >= 11 is 1.91. The molecular formula is C31H18BN4OS+3. The summed E-state index contributed by atoms with van der Waals surface area (Å²) in [5, 5.41) is 0. The van der Waals surface area contributed by atoms with Crippen molar-refractivity contribution in [3.63, 3.8) is 0 Å². The van der Waals surface area contributed by atoms with Crippen molar-refractivity contribution < 1.29 is 14.1 Å². The van der Waals surface area contributed by atoms with Crippen LogP contribution < -0.4 is 35.3 Å². The van der Waals surface area contributed by atoms with Crippen LogP contribution in [0.15, 0.2) is 101 Å². The normalized spacial score (nSPS) is 18.8. The maximum atomic E-state index is 6.79. The zero-order valence-electron chi connectivity index (χ0n) is 20.3. The molecule has 5 aliphatic heterocycles. The maximum Gasteiger partial charge on any atom is 0.354 e. The molecule has 1 spiro atoms. The van der Waals surface area contributed by atoms with E-state index in [0.717, 1.165) is 11.5 Å². The predicted molar refractivity (Wildman–Crippen MR) is 148 cm³/mol. The van der Waals surface area contributed by atoms with Gasteiger partial charge >= 0.3 is 12.5 Å². The van der Waals surface area contributed by atoms with Gasteiger partial charge in [-0.05, 0) is 59.6 Å². The zero-order chi connectivity index (χ0) is 24.5. The van der Waals surface area contributed by atoms with Gasteiger partial charge in [0, 0.05) is 36.2 Å². The second-order valence-corrected chi connectivity index (χ2v) is 11.9. The molecule has 0 amide bonds. The molecule has 6 aromatic rings. The molecule has 38 heavy (non-hydrogen) atoms. The number of para-hydroxylation sites is 3. The van der Waals surface area contributed by atoms with Gasteiger partial charge in [0.2, 0.25) is 17.3 Å². The van der Waals surface area contributed by atoms with Crippen molar-refractivity contribution in [1.29, 1.82) is 0 Å². The van der Waals surface area contributed by atoms with Gasteiger partial charge in [-0.25, -0.2) is 4.57 Å². The van der Waals surface area contributed by atoms with E-state index in [1.54, 1.807) is 0 Å². The molecule has 7 heteroatoms. The molecule has 5 nitrogen and oxygen atoms in total. The van der Waals surface area contributed by atoms with E-state index in [9.17, 15) is 0 Å². The number of aromatic nitrogens is 3. The minimum Gasteiger partial charge on any atom is -0.444 e. The number of fused-ring (bicyclic) bond motifs is 5. The third-order valence-electron chi connectivity index (χ3n) is 9.25. The number of quaternary nitrogens is 1. The summed E-state index contributed by atoms with van der Waals surface area (Å²) < 4.78 is 14.7. The number of benzene rings is 4. The third-order valence-corrected chi connectivity index (χ3v) is 10.4. The Kier molecular flexibility index (Phi) is 2.84. The molecule has 0 saturated heterocycles. The predicted octanol–water partition coefficient (Wildman–Crippen LogP) is 3.68. The summed E-state index contributed by atoms with van der Waals surface area (Å²) in [6.45, 7) is 0.198. The van der Waals surface area contributed by atoms with E-state index in [1.807, 2.05) is 11.8 Å². The summed E-state index contributed by atoms with van der Waals surface area (Å²) in [7, 11) is 2.19. The lowest BCUT2D eigenvalue weighted by Gasteiger charge is -2.36. The van der Waals surface area contributed by atoms with E-state index in [1.165, 1.54) is 71.2 Å². The molecule has 2 aromatic heterocycles. The Morgan fingerprint density at radius 3 is 2.55 bits per heavy atom. The van der Waals surface area contributed by atoms with Crippen LogP contribution in [0.3, 0.4) is 0 Å². The van der Waals surface area contributed by atoms with Crippen LogP contribution in [0.2, 0.25) is 0 Å². The number of pyridine rings is 1. The Morgan fingerprint density at radius 2 is 1.58 bits per heavy atom. The van der Waals surface area contributed by atoms with E-state index in [2.05, 4.69) is 112 Å². The Morgan fingerprint density at radius 1 is 0.763 bits per heavy atom. The Bertz CT molecular complexity index is 2190. The minimum absolute atomic E-state index is 0.198. The van der Waals surface area contributed by atoms with Crippen LogP contribution in [0.1, 0.15) is 0 Å². The van der Waals surface area contributed by atoms with Crippen LogP contribution in [-0.2, 0) is 7.05 Å². The SMILES string of the molecule is Cn1c2[n+](c3ccccc31)[N+]13c4c(cccc4-2)Oc2ccc4c(c21)B1c2c(cccc2-c2ccc[n+]3c21)S4. The molecule has 0 aliphatic carbocycles. The fraction of sp³-hybridized carbons (Fsp3) is 0.0323. The van der Waals surface area contributed by atoms with Gasteiger partial charge in [-0.15, -0.1) is 0 Å². The largest absolute Gasteiger partial charge is 0.444 e. The average Bonchev–Trinajstić information content (AvgIpc) is 3.57. The smallest absolute Gasteiger partial charge is 0.354 e. The Balaban J connectivity index is 1.46. The lowest BCUT2D eigenvalue weighted by Crippen LogP contribution is -2.92. The van der Waals surface area contributed by atoms with Crippen molar-refractivity contribution in [2.45, 2.75) is 9.79 Å². The number of hydrogen-bond donors (Lipinski definition) is 0. The van der Waals surface area contributed by atoms with E-state index < -0.39 is 0 Å². The van der Waals surface area contributed by atoms with E-state index in [4.69, 9.17) is 4.74 Å². The number of aryl methyl sites for hydroxylation is 1. The van der Waals surface area contributed by atoms with Crippen LogP contribution in [0, 0.1) is 0 Å². The Labute approximate surface area is 222 Å². The minimum atomic E-state index is 0.198. The first kappa shape index (κ1) is 18.8. The van der Waals surface area contributed by atoms with Crippen LogP contribution in [0.5, 0.6) is 11.5 Å². The van der Waals surface area contributed by atoms with Crippen molar-refractivity contribution >= 4 is 57.4 Å². The molecule has 0 fully saturated rings. The summed E-state index contributed by atoms with van der Waals surface area (Å²) in [6.07, 6.45) is 2.29. The monoisotopic (exact) mass is 505 g/mol. The van der Waals surface area contributed by atoms with Gasteiger partial charge < -0.3 is 4.74 Å². The van der Waals surface area contributed by atoms with Crippen LogP contribution in [-0.4, -0.2) is 11.3 Å². The molecule has 5 aliphatic rings. The topological polar surface area (TPSA) is 21.9 Å². The number of imidazole rings is 1. The highest BCUT2D eigenvalue weighted by atomic mass is 32.2. The molecule has 11 rings (SSSR count). The van der Waals surface area contributed by atoms with Crippen LogP contribution in [0.4, 0.5) is 11.4 Å². The molecule has 0 radical (unpaired) electrons. The quantitative estimate of drug-likeness (QED) is 0.178. The molecule has 0 bridgehead atoms. The van der Waals surface area contributed by atoms with Gasteiger partial charge in [0.25, 0.3) is 11.4 Å². The number of rotatable bonds is 0. The molecule has 1 unspecified atom stereocenters. The zero-order valence-corrected chi connectivity index (χ0v) is 21.2. The highest BCUT2D eigenvalue weighted by Gasteiger charge is 2.73. The standard InChI is InChI=1S/C31H18BN4OS/c1-33-20-10-2-3-11-21(20)35-31(33)19-8-4-12-22-28(19)36(35)29-23(37-22)14-15-25-27(29)32-26-17(7-5-13-24(26)38-25)18-9-6-16-34(36)30(18)32/h2-16H,1H3/q+3. The van der Waals surface area contributed by atoms with Gasteiger partial charge in [0.1, 0.15) is 10.3 Å². The molecule has 4 aromatic carbocycles. The van der Waals surface area contributed by atoms with Crippen molar-refractivity contribution in [3.05, 3.63) is 91.1 Å². The molecular weight excluding hydrogens is 487 g/mol. The van der Waals surface area contributed by atoms with Crippen molar-refractivity contribution in [3.8, 4) is 34.0 Å². The van der Waals surface area contributed by atoms with Gasteiger partial charge in [-0.1, -0.05) is 42.1 Å². The van der Waals surface area contributed by atoms with Crippen molar-refractivity contribution in [2.75, 3.05) is 0 Å². The third kappa shape index (κ3) is 1.67. The molecule has 174 valence electrons. The van der Waals surface area contributed by atoms with Gasteiger partial charge in [-0.2, -0.15) is 0 Å². The summed E-state index contributed by atoms with van der Waals surface area (Å²) in [5.74, 6) is 3.06. The number of nitrogens with zero attached hydrogens (tertiary/aromatic N) is 4. The first-order chi connectivity index (χ1) is 18.8. The number of ether oxygens (including phenoxy) is 1. The molecule has 0 saturated carbocycles. The fourth-order valence-electron chi connectivity index (χ4n) is 8.05. The van der Waals surface area contributed by atoms with Crippen molar-refractivity contribution in [1.82, 2.24) is 9.27 Å². The molecule has 7 heterocycles. The van der Waals surface area contributed by atoms with Gasteiger partial charge in [0.15, 0.2) is 17.0 Å². The summed E-state index contributed by atoms with van der Waals surface area (Å²) in [4.78, 5) is 2.70. The summed E-state index contributed by atoms with van der Waals surface area (Å²) in [5.41, 5.74) is 13.0. The second kappa shape index (κ2) is 5.72. The lowest BCUT2D eigenvalue weighted by atomic mass is 9.39. The maximum absolute atomic E-state index is 6.79. The van der Waals surface area contributed by atoms with E-state index in [-0.39, 0.29) is 6.71 Å². The van der Waals surface area contributed by atoms with Gasteiger partial charge in [-0.3, -0.25) is 0 Å². The van der Waals surface area contributed by atoms with Crippen LogP contribution >= 0.6 is 11.8 Å². The number of hydrogen-bond acceptors (Lipinski definition) is 2. The Hall–Kier alpha value is -4.33. The van der Waals surface area contributed by atoms with Gasteiger partial charge in [0.05, 0.1) is 7.05 Å². The highest BCUT2D eigenvalue weighted by Crippen LogP contribution is 2.58. The first-order valence-electron chi connectivity index (χ1n) is 13.0. The average molecular weight is 505 g/mol. The highest BCUT2D eigenvalue weighted by molar-refractivity contribution is 8.00. The summed E-state index contributed by atoms with van der Waals surface area (Å²) in [6, 6.07) is 31.1. The first-order valence-corrected chi connectivity index (χ1v) is 13.9. The fourth-order valence-corrected chi connectivity index (χ4v) is 9.24. The van der Waals surface area contributed by atoms with Crippen molar-refractivity contribution in [2.24, 2.45) is 7.05 Å².